The highest BCUT2D eigenvalue weighted by atomic mass is 16.6. The SMILES string of the molecule is C#Cc1ccccc1C(C(=O)NCCCC)N(CC#N)C(=O)C(CO)NC(=O)OC(C)(C)C. The second-order valence-electron chi connectivity index (χ2n) is 8.28. The summed E-state index contributed by atoms with van der Waals surface area (Å²) in [6, 6.07) is 5.79. The molecule has 1 rings (SSSR count). The number of rotatable bonds is 10. The van der Waals surface area contributed by atoms with Gasteiger partial charge in [-0.1, -0.05) is 37.5 Å². The van der Waals surface area contributed by atoms with Crippen LogP contribution >= 0.6 is 0 Å². The van der Waals surface area contributed by atoms with Crippen LogP contribution in [0.25, 0.3) is 0 Å². The van der Waals surface area contributed by atoms with E-state index >= 15 is 0 Å². The van der Waals surface area contributed by atoms with Crippen LogP contribution in [0, 0.1) is 23.7 Å². The van der Waals surface area contributed by atoms with Gasteiger partial charge in [0.25, 0.3) is 0 Å². The molecule has 0 spiro atoms. The summed E-state index contributed by atoms with van der Waals surface area (Å²) in [5.41, 5.74) is -0.0940. The number of aliphatic hydroxyl groups is 1. The van der Waals surface area contributed by atoms with Crippen molar-refractivity contribution in [1.82, 2.24) is 15.5 Å². The molecular formula is C24H32N4O5. The lowest BCUT2D eigenvalue weighted by Gasteiger charge is -2.32. The average molecular weight is 457 g/mol. The first-order valence-electron chi connectivity index (χ1n) is 10.7. The van der Waals surface area contributed by atoms with Gasteiger partial charge in [0.15, 0.2) is 0 Å². The van der Waals surface area contributed by atoms with Crippen LogP contribution in [0.1, 0.15) is 57.7 Å². The number of carbonyl (C=O) groups is 3. The number of carbonyl (C=O) groups excluding carboxylic acids is 3. The molecule has 3 amide bonds. The largest absolute Gasteiger partial charge is 0.444 e. The lowest BCUT2D eigenvalue weighted by molar-refractivity contribution is -0.142. The van der Waals surface area contributed by atoms with Gasteiger partial charge < -0.3 is 25.4 Å². The minimum Gasteiger partial charge on any atom is -0.444 e. The Morgan fingerprint density at radius 3 is 2.48 bits per heavy atom. The van der Waals surface area contributed by atoms with Gasteiger partial charge in [-0.3, -0.25) is 9.59 Å². The normalized spacial score (nSPS) is 12.5. The molecule has 0 aliphatic carbocycles. The summed E-state index contributed by atoms with van der Waals surface area (Å²) in [6.07, 6.45) is 6.26. The smallest absolute Gasteiger partial charge is 0.408 e. The fraction of sp³-hybridized carbons (Fsp3) is 0.500. The van der Waals surface area contributed by atoms with Crippen molar-refractivity contribution < 1.29 is 24.2 Å². The van der Waals surface area contributed by atoms with Gasteiger partial charge in [-0.25, -0.2) is 4.79 Å². The van der Waals surface area contributed by atoms with Crippen LogP contribution in [0.15, 0.2) is 24.3 Å². The quantitative estimate of drug-likeness (QED) is 0.280. The molecule has 0 radical (unpaired) electrons. The van der Waals surface area contributed by atoms with E-state index in [9.17, 15) is 24.8 Å². The van der Waals surface area contributed by atoms with Crippen LogP contribution in [0.2, 0.25) is 0 Å². The van der Waals surface area contributed by atoms with E-state index in [1.165, 1.54) is 0 Å². The van der Waals surface area contributed by atoms with Gasteiger partial charge in [0.05, 0.1) is 12.7 Å². The predicted octanol–water partition coefficient (Wildman–Crippen LogP) is 1.86. The number of ether oxygens (including phenoxy) is 1. The zero-order chi connectivity index (χ0) is 25.0. The summed E-state index contributed by atoms with van der Waals surface area (Å²) in [7, 11) is 0. The van der Waals surface area contributed by atoms with Gasteiger partial charge in [0.1, 0.15) is 24.2 Å². The molecule has 178 valence electrons. The predicted molar refractivity (Wildman–Crippen MR) is 123 cm³/mol. The molecule has 0 aliphatic rings. The van der Waals surface area contributed by atoms with E-state index in [-0.39, 0.29) is 0 Å². The molecule has 0 saturated carbocycles. The highest BCUT2D eigenvalue weighted by Gasteiger charge is 2.36. The summed E-state index contributed by atoms with van der Waals surface area (Å²) >= 11 is 0. The summed E-state index contributed by atoms with van der Waals surface area (Å²) in [6.45, 7) is 6.06. The number of terminal acetylenes is 1. The number of hydrogen-bond donors (Lipinski definition) is 3. The van der Waals surface area contributed by atoms with Crippen LogP contribution in [0.4, 0.5) is 4.79 Å². The van der Waals surface area contributed by atoms with E-state index in [1.54, 1.807) is 45.0 Å². The molecule has 9 heteroatoms. The van der Waals surface area contributed by atoms with Crippen molar-refractivity contribution in [3.05, 3.63) is 35.4 Å². The molecule has 1 aromatic carbocycles. The maximum Gasteiger partial charge on any atom is 0.408 e. The fourth-order valence-electron chi connectivity index (χ4n) is 3.01. The third-order valence-electron chi connectivity index (χ3n) is 4.50. The standard InChI is InChI=1S/C24H32N4O5/c1-6-8-14-26-21(30)20(18-12-10-9-11-17(18)7-2)28(15-13-25)22(31)19(16-29)27-23(32)33-24(3,4)5/h2,9-12,19-20,29H,6,8,14-16H2,1,3-5H3,(H,26,30)(H,27,32). The van der Waals surface area contributed by atoms with Gasteiger partial charge in [0.2, 0.25) is 11.8 Å². The monoisotopic (exact) mass is 456 g/mol. The Morgan fingerprint density at radius 1 is 1.27 bits per heavy atom. The van der Waals surface area contributed by atoms with Crippen molar-refractivity contribution in [1.29, 1.82) is 5.26 Å². The summed E-state index contributed by atoms with van der Waals surface area (Å²) < 4.78 is 5.15. The second-order valence-corrected chi connectivity index (χ2v) is 8.28. The number of unbranched alkanes of at least 4 members (excludes halogenated alkanes) is 1. The summed E-state index contributed by atoms with van der Waals surface area (Å²) in [5.74, 6) is 1.14. The molecule has 33 heavy (non-hydrogen) atoms. The Bertz CT molecular complexity index is 911. The van der Waals surface area contributed by atoms with E-state index in [1.807, 2.05) is 13.0 Å². The van der Waals surface area contributed by atoms with Crippen LogP contribution in [-0.2, 0) is 14.3 Å². The van der Waals surface area contributed by atoms with Crippen molar-refractivity contribution in [2.75, 3.05) is 19.7 Å². The topological polar surface area (TPSA) is 132 Å². The fourth-order valence-corrected chi connectivity index (χ4v) is 3.01. The molecular weight excluding hydrogens is 424 g/mol. The van der Waals surface area contributed by atoms with E-state index in [0.29, 0.717) is 17.7 Å². The highest BCUT2D eigenvalue weighted by Crippen LogP contribution is 2.25. The van der Waals surface area contributed by atoms with E-state index < -0.39 is 48.7 Å². The van der Waals surface area contributed by atoms with Crippen LogP contribution < -0.4 is 10.6 Å². The molecule has 9 nitrogen and oxygen atoms in total. The minimum atomic E-state index is -1.43. The zero-order valence-corrected chi connectivity index (χ0v) is 19.6. The Hall–Kier alpha value is -3.56. The molecule has 1 aromatic rings. The van der Waals surface area contributed by atoms with Crippen LogP contribution in [-0.4, -0.2) is 59.3 Å². The van der Waals surface area contributed by atoms with Crippen LogP contribution in [0.5, 0.6) is 0 Å². The maximum atomic E-state index is 13.3. The highest BCUT2D eigenvalue weighted by molar-refractivity contribution is 5.92. The van der Waals surface area contributed by atoms with Gasteiger partial charge in [-0.2, -0.15) is 5.26 Å². The lowest BCUT2D eigenvalue weighted by Crippen LogP contribution is -2.54. The third-order valence-corrected chi connectivity index (χ3v) is 4.50. The molecule has 0 aliphatic heterocycles. The Morgan fingerprint density at radius 2 is 1.94 bits per heavy atom. The number of benzene rings is 1. The van der Waals surface area contributed by atoms with Gasteiger partial charge in [-0.05, 0) is 38.8 Å². The molecule has 0 aromatic heterocycles. The van der Waals surface area contributed by atoms with Crippen molar-refractivity contribution in [3.8, 4) is 18.4 Å². The van der Waals surface area contributed by atoms with E-state index in [4.69, 9.17) is 11.2 Å². The van der Waals surface area contributed by atoms with Gasteiger partial charge in [0, 0.05) is 12.1 Å². The molecule has 0 saturated heterocycles. The Labute approximate surface area is 195 Å². The number of alkyl carbamates (subject to hydrolysis) is 1. The van der Waals surface area contributed by atoms with Crippen molar-refractivity contribution >= 4 is 17.9 Å². The third kappa shape index (κ3) is 8.47. The van der Waals surface area contributed by atoms with Crippen molar-refractivity contribution in [2.45, 2.75) is 58.2 Å². The first-order valence-corrected chi connectivity index (χ1v) is 10.7. The van der Waals surface area contributed by atoms with Crippen molar-refractivity contribution in [3.63, 3.8) is 0 Å². The number of aliphatic hydroxyl groups excluding tert-OH is 1. The first-order chi connectivity index (χ1) is 15.6. The minimum absolute atomic E-state index is 0.353. The molecule has 3 N–H and O–H groups in total. The number of nitrogens with zero attached hydrogens (tertiary/aromatic N) is 2. The molecule has 2 atom stereocenters. The van der Waals surface area contributed by atoms with Crippen molar-refractivity contribution in [2.24, 2.45) is 0 Å². The first kappa shape index (κ1) is 27.5. The summed E-state index contributed by atoms with van der Waals surface area (Å²) in [4.78, 5) is 39.7. The average Bonchev–Trinajstić information content (AvgIpc) is 2.76. The maximum absolute atomic E-state index is 13.3. The lowest BCUT2D eigenvalue weighted by atomic mass is 9.97. The zero-order valence-electron chi connectivity index (χ0n) is 19.6. The Kier molecular flexibility index (Phi) is 10.9. The van der Waals surface area contributed by atoms with Crippen LogP contribution in [0.3, 0.4) is 0 Å². The number of nitriles is 1. The molecule has 2 unspecified atom stereocenters. The second kappa shape index (κ2) is 13.1. The Balaban J connectivity index is 3.38. The number of hydrogen-bond acceptors (Lipinski definition) is 6. The number of amides is 3. The molecule has 0 heterocycles. The molecule has 0 bridgehead atoms. The molecule has 0 fully saturated rings. The van der Waals surface area contributed by atoms with E-state index in [0.717, 1.165) is 17.7 Å². The summed E-state index contributed by atoms with van der Waals surface area (Å²) in [5, 5.41) is 24.3. The van der Waals surface area contributed by atoms with Gasteiger partial charge in [-0.15, -0.1) is 6.42 Å². The number of nitrogens with one attached hydrogen (secondary N) is 2. The van der Waals surface area contributed by atoms with E-state index in [2.05, 4.69) is 16.6 Å². The van der Waals surface area contributed by atoms with Gasteiger partial charge >= 0.3 is 6.09 Å².